The summed E-state index contributed by atoms with van der Waals surface area (Å²) in [5, 5.41) is 0.272. The van der Waals surface area contributed by atoms with Crippen molar-refractivity contribution >= 4 is 19.0 Å². The first-order valence-electron chi connectivity index (χ1n) is 4.24. The summed E-state index contributed by atoms with van der Waals surface area (Å²) in [6, 6.07) is 4.72. The molecule has 0 aromatic heterocycles. The molecule has 1 aromatic rings. The van der Waals surface area contributed by atoms with E-state index >= 15 is 0 Å². The number of rotatable bonds is 2. The number of alkyl halides is 3. The Morgan fingerprint density at radius 3 is 2.06 bits per heavy atom. The molecule has 0 saturated heterocycles. The molecule has 16 heavy (non-hydrogen) atoms. The molecule has 0 bridgehead atoms. The summed E-state index contributed by atoms with van der Waals surface area (Å²) in [6.07, 6.45) is -4.76. The van der Waals surface area contributed by atoms with Crippen molar-refractivity contribution in [3.05, 3.63) is 34.9 Å². The van der Waals surface area contributed by atoms with Crippen molar-refractivity contribution in [2.75, 3.05) is 6.66 Å². The van der Waals surface area contributed by atoms with Crippen LogP contribution in [0.25, 0.3) is 0 Å². The van der Waals surface area contributed by atoms with Crippen molar-refractivity contribution in [1.29, 1.82) is 0 Å². The second-order valence-electron chi connectivity index (χ2n) is 3.44. The molecule has 1 rings (SSSR count). The van der Waals surface area contributed by atoms with Crippen molar-refractivity contribution in [3.8, 4) is 0 Å². The van der Waals surface area contributed by atoms with Crippen molar-refractivity contribution in [2.45, 2.75) is 11.8 Å². The van der Waals surface area contributed by atoms with Crippen LogP contribution in [0.15, 0.2) is 24.3 Å². The van der Waals surface area contributed by atoms with Crippen LogP contribution < -0.4 is 0 Å². The quantitative estimate of drug-likeness (QED) is 0.831. The lowest BCUT2D eigenvalue weighted by Crippen LogP contribution is -2.20. The molecule has 0 radical (unpaired) electrons. The van der Waals surface area contributed by atoms with Crippen LogP contribution in [-0.2, 0) is 4.57 Å². The maximum absolute atomic E-state index is 12.6. The molecule has 0 fully saturated rings. The average Bonchev–Trinajstić information content (AvgIpc) is 2.03. The van der Waals surface area contributed by atoms with Gasteiger partial charge in [-0.15, -0.1) is 0 Å². The zero-order valence-corrected chi connectivity index (χ0v) is 9.85. The third-order valence-electron chi connectivity index (χ3n) is 1.97. The molecule has 0 amide bonds. The lowest BCUT2D eigenvalue weighted by molar-refractivity contribution is -0.133. The van der Waals surface area contributed by atoms with Gasteiger partial charge in [-0.1, -0.05) is 23.7 Å². The number of hydrogen-bond donors (Lipinski definition) is 1. The van der Waals surface area contributed by atoms with E-state index in [-0.39, 0.29) is 10.6 Å². The fourth-order valence-corrected chi connectivity index (χ4v) is 2.78. The number of benzene rings is 1. The van der Waals surface area contributed by atoms with Gasteiger partial charge in [0.15, 0.2) is 5.66 Å². The molecule has 2 nitrogen and oxygen atoms in total. The van der Waals surface area contributed by atoms with Crippen LogP contribution >= 0.6 is 19.0 Å². The molecule has 0 aliphatic rings. The van der Waals surface area contributed by atoms with Gasteiger partial charge in [-0.2, -0.15) is 13.2 Å². The lowest BCUT2D eigenvalue weighted by atomic mass is 10.1. The Kier molecular flexibility index (Phi) is 3.72. The van der Waals surface area contributed by atoms with Gasteiger partial charge in [0.1, 0.15) is 0 Å². The van der Waals surface area contributed by atoms with Crippen LogP contribution in [0.4, 0.5) is 13.2 Å². The summed E-state index contributed by atoms with van der Waals surface area (Å²) in [7, 11) is -4.30. The van der Waals surface area contributed by atoms with Gasteiger partial charge in [0, 0.05) is 11.7 Å². The van der Waals surface area contributed by atoms with Gasteiger partial charge in [-0.3, -0.25) is 4.57 Å². The lowest BCUT2D eigenvalue weighted by Gasteiger charge is -2.23. The predicted octanol–water partition coefficient (Wildman–Crippen LogP) is 3.84. The third-order valence-corrected chi connectivity index (χ3v) is 3.78. The molecule has 0 spiro atoms. The Hall–Kier alpha value is -0.510. The highest BCUT2D eigenvalue weighted by atomic mass is 35.5. The first-order valence-corrected chi connectivity index (χ1v) is 6.80. The maximum atomic E-state index is 12.6. The van der Waals surface area contributed by atoms with Crippen molar-refractivity contribution in [1.82, 2.24) is 0 Å². The van der Waals surface area contributed by atoms with E-state index in [9.17, 15) is 17.7 Å². The molecule has 0 heterocycles. The first-order chi connectivity index (χ1) is 7.12. The van der Waals surface area contributed by atoms with Crippen LogP contribution in [-0.4, -0.2) is 17.7 Å². The third kappa shape index (κ3) is 3.24. The second kappa shape index (κ2) is 4.40. The molecular weight excluding hydrogens is 264 g/mol. The van der Waals surface area contributed by atoms with E-state index in [2.05, 4.69) is 0 Å². The Bertz CT molecular complexity index is 410. The van der Waals surface area contributed by atoms with Crippen LogP contribution in [0.2, 0.25) is 5.02 Å². The predicted molar refractivity (Wildman–Crippen MR) is 56.0 cm³/mol. The normalized spacial score (nSPS) is 17.9. The molecule has 0 saturated carbocycles. The summed E-state index contributed by atoms with van der Waals surface area (Å²) >= 11 is 5.53. The number of hydrogen-bond acceptors (Lipinski definition) is 1. The Morgan fingerprint density at radius 2 is 1.75 bits per heavy atom. The standard InChI is InChI=1S/C9H9ClF3O2P/c1-16(14,15)8(9(11,12)13)6-2-4-7(10)5-3-6/h2-5,8H,1H3,(H,14,15)/t8-/m0/s1. The van der Waals surface area contributed by atoms with E-state index in [4.69, 9.17) is 16.5 Å². The van der Waals surface area contributed by atoms with E-state index < -0.39 is 19.2 Å². The highest BCUT2D eigenvalue weighted by molar-refractivity contribution is 7.57. The van der Waals surface area contributed by atoms with Gasteiger partial charge in [-0.05, 0) is 17.7 Å². The molecule has 90 valence electrons. The zero-order chi connectivity index (χ0) is 12.6. The van der Waals surface area contributed by atoms with Crippen molar-refractivity contribution in [3.63, 3.8) is 0 Å². The summed E-state index contributed by atoms with van der Waals surface area (Å²) < 4.78 is 49.2. The van der Waals surface area contributed by atoms with Crippen LogP contribution in [0.1, 0.15) is 11.2 Å². The highest BCUT2D eigenvalue weighted by Gasteiger charge is 2.49. The van der Waals surface area contributed by atoms with Crippen molar-refractivity contribution < 1.29 is 22.6 Å². The van der Waals surface area contributed by atoms with E-state index in [0.29, 0.717) is 6.66 Å². The molecule has 0 aliphatic heterocycles. The van der Waals surface area contributed by atoms with Gasteiger partial charge in [0.25, 0.3) is 0 Å². The second-order valence-corrected chi connectivity index (χ2v) is 6.28. The van der Waals surface area contributed by atoms with Gasteiger partial charge < -0.3 is 4.89 Å². The van der Waals surface area contributed by atoms with Crippen molar-refractivity contribution in [2.24, 2.45) is 0 Å². The van der Waals surface area contributed by atoms with Crippen LogP contribution in [0.5, 0.6) is 0 Å². The average molecular weight is 273 g/mol. The van der Waals surface area contributed by atoms with Crippen LogP contribution in [0, 0.1) is 0 Å². The molecule has 1 aromatic carbocycles. The van der Waals surface area contributed by atoms with E-state index in [1.807, 2.05) is 0 Å². The number of halogens is 4. The summed E-state index contributed by atoms with van der Waals surface area (Å²) in [5.41, 5.74) is -2.62. The van der Waals surface area contributed by atoms with Gasteiger partial charge in [0.05, 0.1) is 0 Å². The molecule has 1 unspecified atom stereocenters. The SMILES string of the molecule is CP(=O)(O)[C@@H](c1ccc(Cl)cc1)C(F)(F)F. The Labute approximate surface area is 95.5 Å². The fraction of sp³-hybridized carbons (Fsp3) is 0.333. The minimum absolute atomic E-state index is 0.259. The molecule has 2 atom stereocenters. The minimum atomic E-state index is -4.76. The zero-order valence-electron chi connectivity index (χ0n) is 8.20. The molecular formula is C9H9ClF3O2P. The molecule has 0 aliphatic carbocycles. The smallest absolute Gasteiger partial charge is 0.344 e. The summed E-state index contributed by atoms with van der Waals surface area (Å²) in [5.74, 6) is 0. The van der Waals surface area contributed by atoms with Gasteiger partial charge in [-0.25, -0.2) is 0 Å². The maximum Gasteiger partial charge on any atom is 0.404 e. The molecule has 7 heteroatoms. The van der Waals surface area contributed by atoms with E-state index in [1.165, 1.54) is 12.1 Å². The van der Waals surface area contributed by atoms with E-state index in [0.717, 1.165) is 12.1 Å². The Balaban J connectivity index is 3.23. The first kappa shape index (κ1) is 13.6. The highest BCUT2D eigenvalue weighted by Crippen LogP contribution is 2.59. The topological polar surface area (TPSA) is 37.3 Å². The summed E-state index contributed by atoms with van der Waals surface area (Å²) in [4.78, 5) is 9.14. The Morgan fingerprint density at radius 1 is 1.31 bits per heavy atom. The minimum Gasteiger partial charge on any atom is -0.344 e. The van der Waals surface area contributed by atoms with Gasteiger partial charge in [0.2, 0.25) is 7.37 Å². The van der Waals surface area contributed by atoms with E-state index in [1.54, 1.807) is 0 Å². The monoisotopic (exact) mass is 272 g/mol. The van der Waals surface area contributed by atoms with Crippen LogP contribution in [0.3, 0.4) is 0 Å². The largest absolute Gasteiger partial charge is 0.404 e. The molecule has 1 N–H and O–H groups in total. The summed E-state index contributed by atoms with van der Waals surface area (Å²) in [6.45, 7) is 0.694. The van der Waals surface area contributed by atoms with Gasteiger partial charge >= 0.3 is 6.18 Å². The fourth-order valence-electron chi connectivity index (χ4n) is 1.38.